The average Bonchev–Trinajstić information content (AvgIpc) is 3.22. The maximum Gasteiger partial charge on any atom is 0.387 e. The first kappa shape index (κ1) is 22.7. The second kappa shape index (κ2) is 9.56. The Labute approximate surface area is 189 Å². The van der Waals surface area contributed by atoms with Crippen molar-refractivity contribution in [3.8, 4) is 5.75 Å². The van der Waals surface area contributed by atoms with E-state index in [-0.39, 0.29) is 23.8 Å². The fraction of sp³-hybridized carbons (Fsp3) is 0.375. The van der Waals surface area contributed by atoms with Crippen LogP contribution >= 0.6 is 0 Å². The summed E-state index contributed by atoms with van der Waals surface area (Å²) in [4.78, 5) is 42.0. The molecule has 0 saturated carbocycles. The van der Waals surface area contributed by atoms with E-state index in [4.69, 9.17) is 4.74 Å². The molecule has 2 atom stereocenters. The van der Waals surface area contributed by atoms with E-state index in [2.05, 4.69) is 4.74 Å². The van der Waals surface area contributed by atoms with Gasteiger partial charge in [-0.25, -0.2) is 4.79 Å². The number of likely N-dealkylation sites (tertiary alicyclic amines) is 1. The molecule has 174 valence electrons. The molecule has 1 fully saturated rings. The zero-order chi connectivity index (χ0) is 23.5. The number of ether oxygens (including phenoxy) is 2. The van der Waals surface area contributed by atoms with Crippen molar-refractivity contribution < 1.29 is 32.6 Å². The van der Waals surface area contributed by atoms with Crippen molar-refractivity contribution in [2.75, 3.05) is 25.1 Å². The molecule has 0 N–H and O–H groups in total. The topological polar surface area (TPSA) is 76.2 Å². The zero-order valence-corrected chi connectivity index (χ0v) is 18.1. The summed E-state index contributed by atoms with van der Waals surface area (Å²) in [7, 11) is 1.29. The maximum absolute atomic E-state index is 13.6. The van der Waals surface area contributed by atoms with Crippen LogP contribution in [0.5, 0.6) is 5.75 Å². The first-order chi connectivity index (χ1) is 15.9. The highest BCUT2D eigenvalue weighted by molar-refractivity contribution is 6.04. The Kier molecular flexibility index (Phi) is 6.57. The number of fused-ring (bicyclic) bond motifs is 1. The number of esters is 1. The van der Waals surface area contributed by atoms with Crippen LogP contribution in [0.15, 0.2) is 48.5 Å². The molecule has 2 aromatic rings. The van der Waals surface area contributed by atoms with Gasteiger partial charge >= 0.3 is 12.6 Å². The van der Waals surface area contributed by atoms with Gasteiger partial charge in [-0.05, 0) is 36.6 Å². The standard InChI is InChI=1S/C24H24F2N2O5/c1-32-23(31)19-13-15-7-2-4-10-18(15)28(19)21(29)16-8-6-12-27(14-16)22(30)17-9-3-5-11-20(17)33-24(25)26/h2-5,7,9-11,16,19,24H,6,8,12-14H2,1H3. The SMILES string of the molecule is COC(=O)C1Cc2ccccc2N1C(=O)C1CCCN(C(=O)c2ccccc2OC(F)F)C1. The number of carbonyl (C=O) groups is 3. The minimum atomic E-state index is -3.06. The first-order valence-corrected chi connectivity index (χ1v) is 10.7. The number of anilines is 1. The van der Waals surface area contributed by atoms with Crippen molar-refractivity contribution >= 4 is 23.5 Å². The van der Waals surface area contributed by atoms with Gasteiger partial charge < -0.3 is 14.4 Å². The van der Waals surface area contributed by atoms with Crippen molar-refractivity contribution in [3.05, 3.63) is 59.7 Å². The second-order valence-corrected chi connectivity index (χ2v) is 8.05. The third-order valence-corrected chi connectivity index (χ3v) is 6.08. The Bertz CT molecular complexity index is 1060. The third kappa shape index (κ3) is 4.53. The van der Waals surface area contributed by atoms with E-state index >= 15 is 0 Å². The number of methoxy groups -OCH3 is 1. The number of amides is 2. The van der Waals surface area contributed by atoms with Crippen LogP contribution in [0, 0.1) is 5.92 Å². The van der Waals surface area contributed by atoms with Gasteiger partial charge in [-0.2, -0.15) is 8.78 Å². The van der Waals surface area contributed by atoms with E-state index in [0.717, 1.165) is 5.56 Å². The van der Waals surface area contributed by atoms with Crippen molar-refractivity contribution in [2.45, 2.75) is 31.9 Å². The molecular formula is C24H24F2N2O5. The van der Waals surface area contributed by atoms with Gasteiger partial charge in [0.15, 0.2) is 0 Å². The van der Waals surface area contributed by atoms with E-state index in [1.807, 2.05) is 12.1 Å². The molecule has 7 nitrogen and oxygen atoms in total. The van der Waals surface area contributed by atoms with Crippen LogP contribution in [0.25, 0.3) is 0 Å². The van der Waals surface area contributed by atoms with Crippen LogP contribution in [0.2, 0.25) is 0 Å². The molecule has 4 rings (SSSR count). The fourth-order valence-electron chi connectivity index (χ4n) is 4.56. The number of nitrogens with zero attached hydrogens (tertiary/aromatic N) is 2. The molecule has 2 amide bonds. The fourth-order valence-corrected chi connectivity index (χ4v) is 4.56. The number of carbonyl (C=O) groups excluding carboxylic acids is 3. The van der Waals surface area contributed by atoms with Gasteiger partial charge in [0.2, 0.25) is 5.91 Å². The number of rotatable bonds is 5. The van der Waals surface area contributed by atoms with Crippen LogP contribution < -0.4 is 9.64 Å². The van der Waals surface area contributed by atoms with Crippen LogP contribution in [-0.4, -0.2) is 55.5 Å². The molecule has 33 heavy (non-hydrogen) atoms. The summed E-state index contributed by atoms with van der Waals surface area (Å²) in [5.74, 6) is -1.98. The smallest absolute Gasteiger partial charge is 0.387 e. The van der Waals surface area contributed by atoms with Crippen molar-refractivity contribution in [2.24, 2.45) is 5.92 Å². The molecular weight excluding hydrogens is 434 g/mol. The largest absolute Gasteiger partial charge is 0.467 e. The van der Waals surface area contributed by atoms with Gasteiger partial charge in [0.05, 0.1) is 18.6 Å². The van der Waals surface area contributed by atoms with Crippen LogP contribution in [-0.2, 0) is 20.7 Å². The molecule has 0 bridgehead atoms. The molecule has 2 aromatic carbocycles. The lowest BCUT2D eigenvalue weighted by Gasteiger charge is -2.35. The van der Waals surface area contributed by atoms with Crippen molar-refractivity contribution in [3.63, 3.8) is 0 Å². The number of para-hydroxylation sites is 2. The summed E-state index contributed by atoms with van der Waals surface area (Å²) >= 11 is 0. The summed E-state index contributed by atoms with van der Waals surface area (Å²) in [6.07, 6.45) is 1.48. The number of piperidine rings is 1. The Morgan fingerprint density at radius 2 is 1.79 bits per heavy atom. The van der Waals surface area contributed by atoms with Crippen LogP contribution in [0.4, 0.5) is 14.5 Å². The van der Waals surface area contributed by atoms with Gasteiger partial charge in [-0.1, -0.05) is 30.3 Å². The van der Waals surface area contributed by atoms with E-state index in [1.165, 1.54) is 35.1 Å². The van der Waals surface area contributed by atoms with Crippen molar-refractivity contribution in [1.82, 2.24) is 4.90 Å². The molecule has 1 saturated heterocycles. The zero-order valence-electron chi connectivity index (χ0n) is 18.1. The Hall–Kier alpha value is -3.49. The Morgan fingerprint density at radius 1 is 1.06 bits per heavy atom. The number of hydrogen-bond acceptors (Lipinski definition) is 5. The van der Waals surface area contributed by atoms with Crippen LogP contribution in [0.3, 0.4) is 0 Å². The molecule has 0 radical (unpaired) electrons. The van der Waals surface area contributed by atoms with Gasteiger partial charge in [0, 0.05) is 25.2 Å². The van der Waals surface area contributed by atoms with Gasteiger partial charge in [-0.3, -0.25) is 14.5 Å². The predicted octanol–water partition coefficient (Wildman–Crippen LogP) is 3.27. The minimum Gasteiger partial charge on any atom is -0.467 e. The minimum absolute atomic E-state index is 0.0184. The molecule has 0 aliphatic carbocycles. The Morgan fingerprint density at radius 3 is 2.55 bits per heavy atom. The van der Waals surface area contributed by atoms with Crippen LogP contribution in [0.1, 0.15) is 28.8 Å². The van der Waals surface area contributed by atoms with Crippen molar-refractivity contribution in [1.29, 1.82) is 0 Å². The number of hydrogen-bond donors (Lipinski definition) is 0. The molecule has 2 heterocycles. The predicted molar refractivity (Wildman–Crippen MR) is 115 cm³/mol. The van der Waals surface area contributed by atoms with E-state index in [9.17, 15) is 23.2 Å². The summed E-state index contributed by atoms with van der Waals surface area (Å²) in [5.41, 5.74) is 1.56. The highest BCUT2D eigenvalue weighted by Crippen LogP contribution is 2.35. The molecule has 0 aromatic heterocycles. The van der Waals surface area contributed by atoms with Gasteiger partial charge in [0.25, 0.3) is 5.91 Å². The lowest BCUT2D eigenvalue weighted by Crippen LogP contribution is -2.51. The molecule has 0 spiro atoms. The Balaban J connectivity index is 1.56. The lowest BCUT2D eigenvalue weighted by atomic mass is 9.95. The average molecular weight is 458 g/mol. The normalized spacial score (nSPS) is 19.9. The van der Waals surface area contributed by atoms with E-state index < -0.39 is 30.4 Å². The third-order valence-electron chi connectivity index (χ3n) is 6.08. The van der Waals surface area contributed by atoms with E-state index in [1.54, 1.807) is 18.2 Å². The lowest BCUT2D eigenvalue weighted by molar-refractivity contribution is -0.143. The number of halogens is 2. The van der Waals surface area contributed by atoms with E-state index in [0.29, 0.717) is 31.5 Å². The first-order valence-electron chi connectivity index (χ1n) is 10.7. The van der Waals surface area contributed by atoms with Gasteiger partial charge in [-0.15, -0.1) is 0 Å². The van der Waals surface area contributed by atoms with Gasteiger partial charge in [0.1, 0.15) is 11.8 Å². The molecule has 9 heteroatoms. The molecule has 2 aliphatic rings. The summed E-state index contributed by atoms with van der Waals surface area (Å²) in [5, 5.41) is 0. The molecule has 2 aliphatic heterocycles. The second-order valence-electron chi connectivity index (χ2n) is 8.05. The highest BCUT2D eigenvalue weighted by atomic mass is 19.3. The summed E-state index contributed by atoms with van der Waals surface area (Å²) in [6, 6.07) is 12.4. The summed E-state index contributed by atoms with van der Waals surface area (Å²) in [6.45, 7) is -2.55. The summed E-state index contributed by atoms with van der Waals surface area (Å²) < 4.78 is 34.9. The monoisotopic (exact) mass is 458 g/mol. The quantitative estimate of drug-likeness (QED) is 0.643. The number of alkyl halides is 2. The highest BCUT2D eigenvalue weighted by Gasteiger charge is 2.42. The maximum atomic E-state index is 13.6. The number of benzene rings is 2. The molecule has 2 unspecified atom stereocenters.